The number of aromatic nitrogens is 3. The maximum Gasteiger partial charge on any atom is 0.232 e. The quantitative estimate of drug-likeness (QED) is 0.732. The van der Waals surface area contributed by atoms with Crippen molar-refractivity contribution in [1.82, 2.24) is 20.1 Å². The molecule has 8 heteroatoms. The Hall–Kier alpha value is -2.06. The third-order valence-corrected chi connectivity index (χ3v) is 6.64. The highest BCUT2D eigenvalue weighted by molar-refractivity contribution is 7.99. The Morgan fingerprint density at radius 3 is 2.69 bits per heavy atom. The van der Waals surface area contributed by atoms with E-state index in [1.165, 1.54) is 31.0 Å². The molecule has 1 aliphatic heterocycles. The normalized spacial score (nSPS) is 22.4. The maximum absolute atomic E-state index is 12.6. The third kappa shape index (κ3) is 4.93. The summed E-state index contributed by atoms with van der Waals surface area (Å²) in [4.78, 5) is 14.8. The van der Waals surface area contributed by atoms with Crippen molar-refractivity contribution in [2.75, 3.05) is 37.0 Å². The molecule has 4 rings (SSSR count). The van der Waals surface area contributed by atoms with Gasteiger partial charge in [0.05, 0.1) is 24.7 Å². The third-order valence-electron chi connectivity index (χ3n) is 5.71. The average Bonchev–Trinajstić information content (AvgIpc) is 3.19. The molecule has 1 saturated heterocycles. The van der Waals surface area contributed by atoms with Crippen LogP contribution in [0.3, 0.4) is 0 Å². The number of carbonyl (C=O) groups is 1. The van der Waals surface area contributed by atoms with Crippen LogP contribution in [0.15, 0.2) is 35.5 Å². The van der Waals surface area contributed by atoms with Crippen molar-refractivity contribution in [2.45, 2.75) is 43.8 Å². The van der Waals surface area contributed by atoms with Gasteiger partial charge in [0.2, 0.25) is 11.9 Å². The Bertz CT molecular complexity index is 807. The highest BCUT2D eigenvalue weighted by atomic mass is 32.2. The summed E-state index contributed by atoms with van der Waals surface area (Å²) in [5, 5.41) is 12.8. The Kier molecular flexibility index (Phi) is 6.71. The van der Waals surface area contributed by atoms with Crippen molar-refractivity contribution < 1.29 is 9.53 Å². The van der Waals surface area contributed by atoms with E-state index in [0.717, 1.165) is 36.3 Å². The molecule has 2 aliphatic rings. The molecule has 2 fully saturated rings. The fraction of sp³-hybridized carbons (Fsp3) is 0.571. The molecule has 2 atom stereocenters. The molecule has 2 heterocycles. The first-order valence-electron chi connectivity index (χ1n) is 10.5. The summed E-state index contributed by atoms with van der Waals surface area (Å²) in [5.74, 6) is 1.78. The highest BCUT2D eigenvalue weighted by Gasteiger charge is 2.25. The molecular formula is C21H29N5O2S. The van der Waals surface area contributed by atoms with Gasteiger partial charge in [0, 0.05) is 19.1 Å². The summed E-state index contributed by atoms with van der Waals surface area (Å²) in [7, 11) is 0. The second-order valence-electron chi connectivity index (χ2n) is 7.78. The highest BCUT2D eigenvalue weighted by Crippen LogP contribution is 2.28. The van der Waals surface area contributed by atoms with Crippen molar-refractivity contribution in [2.24, 2.45) is 5.92 Å². The number of nitrogens with one attached hydrogen (secondary N) is 1. The van der Waals surface area contributed by atoms with E-state index in [1.807, 2.05) is 34.9 Å². The molecule has 1 aromatic heterocycles. The molecule has 0 spiro atoms. The van der Waals surface area contributed by atoms with Gasteiger partial charge in [-0.25, -0.2) is 0 Å². The van der Waals surface area contributed by atoms with E-state index in [9.17, 15) is 4.79 Å². The minimum atomic E-state index is 0.0734. The van der Waals surface area contributed by atoms with E-state index in [2.05, 4.69) is 27.3 Å². The molecule has 29 heavy (non-hydrogen) atoms. The average molecular weight is 416 g/mol. The zero-order valence-electron chi connectivity index (χ0n) is 16.9. The van der Waals surface area contributed by atoms with Crippen molar-refractivity contribution in [3.05, 3.63) is 30.3 Å². The van der Waals surface area contributed by atoms with Crippen LogP contribution >= 0.6 is 11.8 Å². The van der Waals surface area contributed by atoms with Crippen LogP contribution in [0.4, 0.5) is 5.95 Å². The topological polar surface area (TPSA) is 72.3 Å². The molecule has 1 N–H and O–H groups in total. The fourth-order valence-electron chi connectivity index (χ4n) is 4.04. The minimum Gasteiger partial charge on any atom is -0.378 e. The molecule has 2 aromatic rings. The van der Waals surface area contributed by atoms with Crippen LogP contribution < -0.4 is 10.2 Å². The van der Waals surface area contributed by atoms with Gasteiger partial charge in [0.25, 0.3) is 0 Å². The first kappa shape index (κ1) is 20.2. The molecule has 2 unspecified atom stereocenters. The van der Waals surface area contributed by atoms with Crippen LogP contribution in [0.25, 0.3) is 5.69 Å². The van der Waals surface area contributed by atoms with Gasteiger partial charge in [0.15, 0.2) is 5.16 Å². The summed E-state index contributed by atoms with van der Waals surface area (Å²) in [5.41, 5.74) is 1.00. The molecule has 0 bridgehead atoms. The van der Waals surface area contributed by atoms with Crippen LogP contribution in [0.1, 0.15) is 32.6 Å². The van der Waals surface area contributed by atoms with Gasteiger partial charge in [-0.3, -0.25) is 9.36 Å². The van der Waals surface area contributed by atoms with Gasteiger partial charge in [-0.2, -0.15) is 0 Å². The van der Waals surface area contributed by atoms with Crippen LogP contribution in [-0.2, 0) is 9.53 Å². The van der Waals surface area contributed by atoms with E-state index >= 15 is 0 Å². The number of amides is 1. The molecule has 1 amide bonds. The standard InChI is InChI=1S/C21H29N5O2S/c1-16-7-5-6-10-18(16)22-19(27)15-29-21-24-23-20(25-11-13-28-14-12-25)26(21)17-8-3-2-4-9-17/h2-4,8-9,16,18H,5-7,10-15H2,1H3,(H,22,27). The number of rotatable bonds is 6. The first-order valence-corrected chi connectivity index (χ1v) is 11.5. The zero-order valence-corrected chi connectivity index (χ0v) is 17.7. The van der Waals surface area contributed by atoms with E-state index < -0.39 is 0 Å². The van der Waals surface area contributed by atoms with Gasteiger partial charge >= 0.3 is 0 Å². The Morgan fingerprint density at radius 2 is 1.93 bits per heavy atom. The molecule has 1 aromatic carbocycles. The molecule has 0 radical (unpaired) electrons. The summed E-state index contributed by atoms with van der Waals surface area (Å²) < 4.78 is 7.52. The monoisotopic (exact) mass is 415 g/mol. The Morgan fingerprint density at radius 1 is 1.17 bits per heavy atom. The number of benzene rings is 1. The first-order chi connectivity index (χ1) is 14.2. The van der Waals surface area contributed by atoms with Gasteiger partial charge < -0.3 is 15.0 Å². The smallest absolute Gasteiger partial charge is 0.232 e. The van der Waals surface area contributed by atoms with Crippen molar-refractivity contribution in [1.29, 1.82) is 0 Å². The summed E-state index contributed by atoms with van der Waals surface area (Å²) >= 11 is 1.44. The predicted octanol–water partition coefficient (Wildman–Crippen LogP) is 2.89. The van der Waals surface area contributed by atoms with E-state index in [-0.39, 0.29) is 5.91 Å². The number of morpholine rings is 1. The van der Waals surface area contributed by atoms with E-state index in [4.69, 9.17) is 4.74 Å². The summed E-state index contributed by atoms with van der Waals surface area (Å²) in [6.45, 7) is 5.18. The van der Waals surface area contributed by atoms with Gasteiger partial charge in [-0.1, -0.05) is 49.7 Å². The molecule has 7 nitrogen and oxygen atoms in total. The van der Waals surface area contributed by atoms with Crippen LogP contribution in [-0.4, -0.2) is 58.8 Å². The lowest BCUT2D eigenvalue weighted by Crippen LogP contribution is -2.41. The zero-order chi connectivity index (χ0) is 20.1. The second-order valence-corrected chi connectivity index (χ2v) is 8.72. The van der Waals surface area contributed by atoms with Crippen molar-refractivity contribution in [3.63, 3.8) is 0 Å². The molecule has 1 saturated carbocycles. The SMILES string of the molecule is CC1CCCCC1NC(=O)CSc1nnc(N2CCOCC2)n1-c1ccccc1. The van der Waals surface area contributed by atoms with Gasteiger partial charge in [-0.15, -0.1) is 10.2 Å². The summed E-state index contributed by atoms with van der Waals surface area (Å²) in [6.07, 6.45) is 4.75. The second kappa shape index (κ2) is 9.63. The lowest BCUT2D eigenvalue weighted by molar-refractivity contribution is -0.119. The number of thioether (sulfide) groups is 1. The number of hydrogen-bond donors (Lipinski definition) is 1. The number of hydrogen-bond acceptors (Lipinski definition) is 6. The summed E-state index contributed by atoms with van der Waals surface area (Å²) in [6, 6.07) is 10.4. The molecule has 1 aliphatic carbocycles. The largest absolute Gasteiger partial charge is 0.378 e. The number of carbonyl (C=O) groups excluding carboxylic acids is 1. The van der Waals surface area contributed by atoms with Crippen molar-refractivity contribution >= 4 is 23.6 Å². The van der Waals surface area contributed by atoms with Crippen LogP contribution in [0.2, 0.25) is 0 Å². The van der Waals surface area contributed by atoms with Crippen LogP contribution in [0.5, 0.6) is 0 Å². The van der Waals surface area contributed by atoms with Gasteiger partial charge in [0.1, 0.15) is 0 Å². The lowest BCUT2D eigenvalue weighted by atomic mass is 9.86. The van der Waals surface area contributed by atoms with E-state index in [0.29, 0.717) is 30.9 Å². The number of para-hydroxylation sites is 1. The fourth-order valence-corrected chi connectivity index (χ4v) is 4.79. The lowest BCUT2D eigenvalue weighted by Gasteiger charge is -2.29. The van der Waals surface area contributed by atoms with Crippen LogP contribution in [0, 0.1) is 5.92 Å². The number of nitrogens with zero attached hydrogens (tertiary/aromatic N) is 4. The van der Waals surface area contributed by atoms with Crippen molar-refractivity contribution in [3.8, 4) is 5.69 Å². The molecular weight excluding hydrogens is 386 g/mol. The Balaban J connectivity index is 1.48. The number of ether oxygens (including phenoxy) is 1. The molecule has 156 valence electrons. The maximum atomic E-state index is 12.6. The predicted molar refractivity (Wildman–Crippen MR) is 115 cm³/mol. The van der Waals surface area contributed by atoms with Gasteiger partial charge in [-0.05, 0) is 30.9 Å². The van der Waals surface area contributed by atoms with E-state index in [1.54, 1.807) is 0 Å². The Labute approximate surface area is 176 Å². The minimum absolute atomic E-state index is 0.0734. The number of anilines is 1.